The average Bonchev–Trinajstić information content (AvgIpc) is 3.04. The van der Waals surface area contributed by atoms with E-state index in [0.29, 0.717) is 17.9 Å². The Bertz CT molecular complexity index is 812. The summed E-state index contributed by atoms with van der Waals surface area (Å²) in [6.45, 7) is 1.49. The Hall–Kier alpha value is -2.84. The zero-order valence-electron chi connectivity index (χ0n) is 14.0. The van der Waals surface area contributed by atoms with E-state index in [1.54, 1.807) is 0 Å². The highest BCUT2D eigenvalue weighted by atomic mass is 19.4. The number of rotatable bonds is 4. The van der Waals surface area contributed by atoms with E-state index in [4.69, 9.17) is 0 Å². The topological polar surface area (TPSA) is 69.0 Å². The van der Waals surface area contributed by atoms with E-state index >= 15 is 0 Å². The smallest absolute Gasteiger partial charge is 0.406 e. The number of allylic oxidation sites excluding steroid dienone is 1. The quantitative estimate of drug-likeness (QED) is 0.902. The number of carbonyl (C=O) groups excluding carboxylic acids is 1. The maximum atomic E-state index is 12.2. The first kappa shape index (κ1) is 18.0. The minimum Gasteiger partial charge on any atom is -0.406 e. The van der Waals surface area contributed by atoms with Crippen LogP contribution < -0.4 is 10.1 Å². The Morgan fingerprint density at radius 1 is 1.31 bits per heavy atom. The summed E-state index contributed by atoms with van der Waals surface area (Å²) in [5.41, 5.74) is 1.56. The van der Waals surface area contributed by atoms with Crippen LogP contribution in [0.15, 0.2) is 36.7 Å². The van der Waals surface area contributed by atoms with Crippen LogP contribution >= 0.6 is 0 Å². The number of ether oxygens (including phenoxy) is 1. The molecule has 0 saturated carbocycles. The predicted octanol–water partition coefficient (Wildman–Crippen LogP) is 3.24. The molecule has 1 atom stereocenters. The predicted molar refractivity (Wildman–Crippen MR) is 87.5 cm³/mol. The number of nitrogens with zero attached hydrogens (tertiary/aromatic N) is 3. The van der Waals surface area contributed by atoms with Gasteiger partial charge in [-0.25, -0.2) is 9.67 Å². The van der Waals surface area contributed by atoms with Crippen molar-refractivity contribution in [1.82, 2.24) is 20.1 Å². The molecule has 2 aromatic rings. The Kier molecular flexibility index (Phi) is 4.97. The fraction of sp³-hybridized carbons (Fsp3) is 0.353. The molecule has 0 fully saturated rings. The van der Waals surface area contributed by atoms with Gasteiger partial charge in [-0.3, -0.25) is 4.79 Å². The molecule has 1 N–H and O–H groups in total. The number of aromatic nitrogens is 3. The summed E-state index contributed by atoms with van der Waals surface area (Å²) in [5, 5.41) is 7.27. The van der Waals surface area contributed by atoms with Gasteiger partial charge in [0.1, 0.15) is 12.1 Å². The lowest BCUT2D eigenvalue weighted by Gasteiger charge is -2.21. The first-order valence-corrected chi connectivity index (χ1v) is 8.04. The number of hydrogen-bond acceptors (Lipinski definition) is 4. The van der Waals surface area contributed by atoms with Crippen molar-refractivity contribution in [3.05, 3.63) is 42.5 Å². The molecule has 0 radical (unpaired) electrons. The molecule has 0 bridgehead atoms. The zero-order chi connectivity index (χ0) is 18.7. The molecule has 1 heterocycles. The minimum atomic E-state index is -4.72. The number of hydrogen-bond donors (Lipinski definition) is 1. The van der Waals surface area contributed by atoms with Crippen molar-refractivity contribution in [3.8, 4) is 11.4 Å². The number of benzene rings is 1. The summed E-state index contributed by atoms with van der Waals surface area (Å²) in [6, 6.07) is 5.52. The molecule has 1 unspecified atom stereocenters. The van der Waals surface area contributed by atoms with Gasteiger partial charge in [-0.05, 0) is 49.1 Å². The molecule has 0 spiro atoms. The number of carbonyl (C=O) groups is 1. The summed E-state index contributed by atoms with van der Waals surface area (Å²) >= 11 is 0. The standard InChI is InChI=1S/C17H17F3N4O2/c1-11(25)22-13-4-2-12(3-5-13)16-21-10-24(23-16)14-6-8-15(9-7-14)26-17(18,19)20/h2,6-10,13H,3-5H2,1H3,(H,22,25). The van der Waals surface area contributed by atoms with E-state index in [0.717, 1.165) is 18.4 Å². The van der Waals surface area contributed by atoms with Gasteiger partial charge < -0.3 is 10.1 Å². The molecule has 1 aliphatic rings. The molecule has 26 heavy (non-hydrogen) atoms. The second kappa shape index (κ2) is 7.19. The molecule has 0 aliphatic heterocycles. The Morgan fingerprint density at radius 3 is 2.62 bits per heavy atom. The summed E-state index contributed by atoms with van der Waals surface area (Å²) in [7, 11) is 0. The first-order valence-electron chi connectivity index (χ1n) is 8.04. The molecule has 3 rings (SSSR count). The molecular formula is C17H17F3N4O2. The maximum absolute atomic E-state index is 12.2. The molecule has 1 aliphatic carbocycles. The fourth-order valence-electron chi connectivity index (χ4n) is 2.79. The number of alkyl halides is 3. The third kappa shape index (κ3) is 4.62. The second-order valence-electron chi connectivity index (χ2n) is 5.96. The molecular weight excluding hydrogens is 349 g/mol. The highest BCUT2D eigenvalue weighted by Gasteiger charge is 2.31. The van der Waals surface area contributed by atoms with Gasteiger partial charge in [0, 0.05) is 13.0 Å². The van der Waals surface area contributed by atoms with Crippen molar-refractivity contribution in [2.24, 2.45) is 0 Å². The van der Waals surface area contributed by atoms with Crippen LogP contribution in [0, 0.1) is 0 Å². The van der Waals surface area contributed by atoms with Gasteiger partial charge in [-0.2, -0.15) is 0 Å². The second-order valence-corrected chi connectivity index (χ2v) is 5.96. The third-order valence-corrected chi connectivity index (χ3v) is 3.93. The van der Waals surface area contributed by atoms with E-state index in [1.165, 1.54) is 42.2 Å². The summed E-state index contributed by atoms with van der Waals surface area (Å²) in [5.74, 6) is 0.231. The largest absolute Gasteiger partial charge is 0.573 e. The van der Waals surface area contributed by atoms with Crippen LogP contribution in [0.25, 0.3) is 11.3 Å². The Balaban J connectivity index is 1.68. The van der Waals surface area contributed by atoms with Gasteiger partial charge in [-0.15, -0.1) is 18.3 Å². The average molecular weight is 366 g/mol. The minimum absolute atomic E-state index is 0.0489. The first-order chi connectivity index (χ1) is 12.3. The van der Waals surface area contributed by atoms with Gasteiger partial charge in [-0.1, -0.05) is 6.08 Å². The molecule has 9 heteroatoms. The fourth-order valence-corrected chi connectivity index (χ4v) is 2.79. The molecule has 6 nitrogen and oxygen atoms in total. The van der Waals surface area contributed by atoms with Crippen molar-refractivity contribution in [3.63, 3.8) is 0 Å². The van der Waals surface area contributed by atoms with Gasteiger partial charge >= 0.3 is 6.36 Å². The maximum Gasteiger partial charge on any atom is 0.573 e. The molecule has 1 aromatic heterocycles. The van der Waals surface area contributed by atoms with E-state index in [-0.39, 0.29) is 17.7 Å². The number of halogens is 3. The third-order valence-electron chi connectivity index (χ3n) is 3.93. The lowest BCUT2D eigenvalue weighted by atomic mass is 9.95. The molecule has 1 amide bonds. The van der Waals surface area contributed by atoms with Crippen molar-refractivity contribution in [2.45, 2.75) is 38.6 Å². The van der Waals surface area contributed by atoms with Gasteiger partial charge in [0.15, 0.2) is 5.82 Å². The lowest BCUT2D eigenvalue weighted by molar-refractivity contribution is -0.274. The van der Waals surface area contributed by atoms with Crippen molar-refractivity contribution in [1.29, 1.82) is 0 Å². The summed E-state index contributed by atoms with van der Waals surface area (Å²) in [4.78, 5) is 15.4. The van der Waals surface area contributed by atoms with Crippen LogP contribution in [0.5, 0.6) is 5.75 Å². The van der Waals surface area contributed by atoms with Gasteiger partial charge in [0.05, 0.1) is 5.69 Å². The van der Waals surface area contributed by atoms with Gasteiger partial charge in [0.25, 0.3) is 0 Å². The molecule has 0 saturated heterocycles. The summed E-state index contributed by atoms with van der Waals surface area (Å²) < 4.78 is 41.9. The molecule has 138 valence electrons. The highest BCUT2D eigenvalue weighted by Crippen LogP contribution is 2.26. The highest BCUT2D eigenvalue weighted by molar-refractivity contribution is 5.73. The Morgan fingerprint density at radius 2 is 2.04 bits per heavy atom. The van der Waals surface area contributed by atoms with Crippen LogP contribution in [-0.2, 0) is 4.79 Å². The van der Waals surface area contributed by atoms with Crippen LogP contribution in [0.3, 0.4) is 0 Å². The van der Waals surface area contributed by atoms with Crippen LogP contribution in [0.4, 0.5) is 13.2 Å². The SMILES string of the molecule is CC(=O)NC1CC=C(c2ncn(-c3ccc(OC(F)(F)F)cc3)n2)CC1. The normalized spacial score (nSPS) is 17.5. The van der Waals surface area contributed by atoms with Crippen molar-refractivity contribution >= 4 is 11.5 Å². The van der Waals surface area contributed by atoms with E-state index in [1.807, 2.05) is 6.08 Å². The van der Waals surface area contributed by atoms with E-state index < -0.39 is 6.36 Å². The zero-order valence-corrected chi connectivity index (χ0v) is 14.0. The summed E-state index contributed by atoms with van der Waals surface area (Å²) in [6.07, 6.45) is 1.06. The lowest BCUT2D eigenvalue weighted by Crippen LogP contribution is -2.33. The van der Waals surface area contributed by atoms with E-state index in [9.17, 15) is 18.0 Å². The number of nitrogens with one attached hydrogen (secondary N) is 1. The van der Waals surface area contributed by atoms with E-state index in [2.05, 4.69) is 20.1 Å². The van der Waals surface area contributed by atoms with Crippen LogP contribution in [0.2, 0.25) is 0 Å². The van der Waals surface area contributed by atoms with Crippen LogP contribution in [-0.4, -0.2) is 33.1 Å². The monoisotopic (exact) mass is 366 g/mol. The van der Waals surface area contributed by atoms with Crippen molar-refractivity contribution in [2.75, 3.05) is 0 Å². The van der Waals surface area contributed by atoms with Crippen LogP contribution in [0.1, 0.15) is 32.0 Å². The Labute approximate surface area is 147 Å². The van der Waals surface area contributed by atoms with Gasteiger partial charge in [0.2, 0.25) is 5.91 Å². The molecule has 1 aromatic carbocycles. The van der Waals surface area contributed by atoms with Crippen molar-refractivity contribution < 1.29 is 22.7 Å². The number of amides is 1.